The summed E-state index contributed by atoms with van der Waals surface area (Å²) in [6.45, 7) is 6.05. The second-order valence-corrected chi connectivity index (χ2v) is 7.17. The van der Waals surface area contributed by atoms with Gasteiger partial charge >= 0.3 is 5.97 Å². The van der Waals surface area contributed by atoms with E-state index in [1.54, 1.807) is 0 Å². The molecule has 0 atom stereocenters. The lowest BCUT2D eigenvalue weighted by Crippen LogP contribution is -2.10. The van der Waals surface area contributed by atoms with E-state index in [0.717, 1.165) is 38.7 Å². The van der Waals surface area contributed by atoms with Gasteiger partial charge in [0.2, 0.25) is 0 Å². The van der Waals surface area contributed by atoms with Gasteiger partial charge < -0.3 is 9.47 Å². The molecule has 0 aliphatic carbocycles. The summed E-state index contributed by atoms with van der Waals surface area (Å²) in [7, 11) is 0. The minimum absolute atomic E-state index is 0.0835. The first-order chi connectivity index (χ1) is 13.3. The maximum Gasteiger partial charge on any atom is 0.305 e. The van der Waals surface area contributed by atoms with Gasteiger partial charge in [-0.05, 0) is 44.9 Å². The zero-order valence-electron chi connectivity index (χ0n) is 18.1. The van der Waals surface area contributed by atoms with Crippen molar-refractivity contribution in [2.24, 2.45) is 0 Å². The molecule has 0 fully saturated rings. The molecular formula is C24H44O3. The summed E-state index contributed by atoms with van der Waals surface area (Å²) in [6, 6.07) is 0. The zero-order valence-corrected chi connectivity index (χ0v) is 18.1. The standard InChI is InChI=1S/C24H44O3/c1-3-5-7-8-9-10-11-12-13-14-15-16-17-18-19-20-24(25)27-23-22-26-21-6-4-2/h9-10,12-13H,3-8,11,14-23H2,1-2H3/b10-9-,13-12-. The predicted octanol–water partition coefficient (Wildman–Crippen LogP) is 7.16. The number of unbranched alkanes of at least 4 members (excludes halogenated alkanes) is 9. The van der Waals surface area contributed by atoms with Crippen LogP contribution in [0, 0.1) is 0 Å². The summed E-state index contributed by atoms with van der Waals surface area (Å²) in [5.41, 5.74) is 0. The van der Waals surface area contributed by atoms with Crippen LogP contribution in [0.1, 0.15) is 104 Å². The highest BCUT2D eigenvalue weighted by molar-refractivity contribution is 5.69. The van der Waals surface area contributed by atoms with Gasteiger partial charge in [-0.15, -0.1) is 0 Å². The number of hydrogen-bond acceptors (Lipinski definition) is 3. The molecule has 3 heteroatoms. The number of hydrogen-bond donors (Lipinski definition) is 0. The molecule has 3 nitrogen and oxygen atoms in total. The van der Waals surface area contributed by atoms with Gasteiger partial charge in [-0.1, -0.05) is 76.7 Å². The van der Waals surface area contributed by atoms with E-state index in [2.05, 4.69) is 38.2 Å². The summed E-state index contributed by atoms with van der Waals surface area (Å²) < 4.78 is 10.5. The van der Waals surface area contributed by atoms with Crippen LogP contribution in [0.2, 0.25) is 0 Å². The quantitative estimate of drug-likeness (QED) is 0.128. The molecule has 0 unspecified atom stereocenters. The normalized spacial score (nSPS) is 11.6. The Morgan fingerprint density at radius 1 is 0.667 bits per heavy atom. The van der Waals surface area contributed by atoms with E-state index in [9.17, 15) is 4.79 Å². The third kappa shape index (κ3) is 22.9. The molecule has 0 spiro atoms. The Balaban J connectivity index is 3.25. The van der Waals surface area contributed by atoms with Gasteiger partial charge in [-0.2, -0.15) is 0 Å². The highest BCUT2D eigenvalue weighted by atomic mass is 16.6. The molecule has 0 saturated heterocycles. The topological polar surface area (TPSA) is 35.5 Å². The van der Waals surface area contributed by atoms with Crippen LogP contribution in [0.4, 0.5) is 0 Å². The maximum atomic E-state index is 11.6. The minimum Gasteiger partial charge on any atom is -0.463 e. The second kappa shape index (κ2) is 23.0. The van der Waals surface area contributed by atoms with E-state index in [1.165, 1.54) is 51.4 Å². The molecule has 0 aromatic heterocycles. The van der Waals surface area contributed by atoms with Crippen LogP contribution in [0.25, 0.3) is 0 Å². The first-order valence-electron chi connectivity index (χ1n) is 11.3. The van der Waals surface area contributed by atoms with Crippen LogP contribution in [-0.2, 0) is 14.3 Å². The molecule has 0 rings (SSSR count). The van der Waals surface area contributed by atoms with Crippen LogP contribution in [-0.4, -0.2) is 25.8 Å². The van der Waals surface area contributed by atoms with Crippen molar-refractivity contribution in [3.8, 4) is 0 Å². The van der Waals surface area contributed by atoms with Crippen molar-refractivity contribution < 1.29 is 14.3 Å². The summed E-state index contributed by atoms with van der Waals surface area (Å²) in [4.78, 5) is 11.6. The van der Waals surface area contributed by atoms with Crippen molar-refractivity contribution in [1.82, 2.24) is 0 Å². The molecule has 0 N–H and O–H groups in total. The zero-order chi connectivity index (χ0) is 19.8. The number of carbonyl (C=O) groups is 1. The average molecular weight is 381 g/mol. The number of allylic oxidation sites excluding steroid dienone is 4. The van der Waals surface area contributed by atoms with Crippen LogP contribution < -0.4 is 0 Å². The minimum atomic E-state index is -0.0835. The largest absolute Gasteiger partial charge is 0.463 e. The molecule has 0 aromatic carbocycles. The first-order valence-corrected chi connectivity index (χ1v) is 11.3. The molecule has 0 heterocycles. The molecule has 0 aromatic rings. The van der Waals surface area contributed by atoms with E-state index in [1.807, 2.05) is 0 Å². The lowest BCUT2D eigenvalue weighted by Gasteiger charge is -2.05. The lowest BCUT2D eigenvalue weighted by atomic mass is 10.1. The van der Waals surface area contributed by atoms with Gasteiger partial charge in [0, 0.05) is 13.0 Å². The highest BCUT2D eigenvalue weighted by Gasteiger charge is 2.02. The van der Waals surface area contributed by atoms with E-state index < -0.39 is 0 Å². The number of carbonyl (C=O) groups excluding carboxylic acids is 1. The fourth-order valence-electron chi connectivity index (χ4n) is 2.72. The SMILES string of the molecule is CCCCC/C=C\C/C=C\CCCCCCCC(=O)OCCOCCCC. The Morgan fingerprint density at radius 3 is 2.00 bits per heavy atom. The van der Waals surface area contributed by atoms with Crippen LogP contribution in [0.15, 0.2) is 24.3 Å². The predicted molar refractivity (Wildman–Crippen MR) is 116 cm³/mol. The Bertz CT molecular complexity index is 361. The van der Waals surface area contributed by atoms with Crippen LogP contribution in [0.5, 0.6) is 0 Å². The smallest absolute Gasteiger partial charge is 0.305 e. The van der Waals surface area contributed by atoms with Gasteiger partial charge in [0.05, 0.1) is 6.61 Å². The molecule has 0 radical (unpaired) electrons. The van der Waals surface area contributed by atoms with Crippen molar-refractivity contribution >= 4 is 5.97 Å². The van der Waals surface area contributed by atoms with E-state index in [0.29, 0.717) is 19.6 Å². The molecular weight excluding hydrogens is 336 g/mol. The molecule has 158 valence electrons. The third-order valence-electron chi connectivity index (χ3n) is 4.46. The number of rotatable bonds is 20. The Morgan fingerprint density at radius 2 is 1.30 bits per heavy atom. The lowest BCUT2D eigenvalue weighted by molar-refractivity contribution is -0.145. The van der Waals surface area contributed by atoms with Gasteiger partial charge in [0.1, 0.15) is 6.61 Å². The summed E-state index contributed by atoms with van der Waals surface area (Å²) >= 11 is 0. The van der Waals surface area contributed by atoms with Crippen LogP contribution >= 0.6 is 0 Å². The van der Waals surface area contributed by atoms with Crippen molar-refractivity contribution in [1.29, 1.82) is 0 Å². The molecule has 0 bridgehead atoms. The highest BCUT2D eigenvalue weighted by Crippen LogP contribution is 2.08. The Labute approximate surface area is 168 Å². The van der Waals surface area contributed by atoms with Gasteiger partial charge in [-0.25, -0.2) is 0 Å². The first kappa shape index (κ1) is 25.9. The summed E-state index contributed by atoms with van der Waals surface area (Å²) in [6.07, 6.45) is 25.1. The molecule has 0 aliphatic heterocycles. The van der Waals surface area contributed by atoms with Crippen LogP contribution in [0.3, 0.4) is 0 Å². The monoisotopic (exact) mass is 380 g/mol. The van der Waals surface area contributed by atoms with Gasteiger partial charge in [0.25, 0.3) is 0 Å². The number of esters is 1. The van der Waals surface area contributed by atoms with Crippen molar-refractivity contribution in [2.45, 2.75) is 104 Å². The fraction of sp³-hybridized carbons (Fsp3) is 0.792. The molecule has 27 heavy (non-hydrogen) atoms. The van der Waals surface area contributed by atoms with Crippen molar-refractivity contribution in [2.75, 3.05) is 19.8 Å². The number of ether oxygens (including phenoxy) is 2. The summed E-state index contributed by atoms with van der Waals surface area (Å²) in [5.74, 6) is -0.0835. The average Bonchev–Trinajstić information content (AvgIpc) is 2.67. The molecule has 0 amide bonds. The van der Waals surface area contributed by atoms with Crippen molar-refractivity contribution in [3.63, 3.8) is 0 Å². The Kier molecular flexibility index (Phi) is 22.0. The maximum absolute atomic E-state index is 11.6. The van der Waals surface area contributed by atoms with Gasteiger partial charge in [0.15, 0.2) is 0 Å². The van der Waals surface area contributed by atoms with Gasteiger partial charge in [-0.3, -0.25) is 4.79 Å². The van der Waals surface area contributed by atoms with Crippen molar-refractivity contribution in [3.05, 3.63) is 24.3 Å². The van der Waals surface area contributed by atoms with E-state index in [-0.39, 0.29) is 5.97 Å². The fourth-order valence-corrected chi connectivity index (χ4v) is 2.72. The second-order valence-electron chi connectivity index (χ2n) is 7.17. The third-order valence-corrected chi connectivity index (χ3v) is 4.46. The summed E-state index contributed by atoms with van der Waals surface area (Å²) in [5, 5.41) is 0. The Hall–Kier alpha value is -1.09. The van der Waals surface area contributed by atoms with E-state index in [4.69, 9.17) is 9.47 Å². The van der Waals surface area contributed by atoms with E-state index >= 15 is 0 Å². The molecule has 0 saturated carbocycles. The molecule has 0 aliphatic rings.